The zero-order chi connectivity index (χ0) is 13.5. The van der Waals surface area contributed by atoms with Crippen LogP contribution in [0.3, 0.4) is 0 Å². The summed E-state index contributed by atoms with van der Waals surface area (Å²) in [6.07, 6.45) is 1.62. The smallest absolute Gasteiger partial charge is 0.262 e. The minimum Gasteiger partial charge on any atom is -0.348 e. The van der Waals surface area contributed by atoms with Crippen LogP contribution in [0.1, 0.15) is 22.2 Å². The minimum absolute atomic E-state index is 0.124. The van der Waals surface area contributed by atoms with Crippen molar-refractivity contribution in [3.8, 4) is 11.8 Å². The first-order chi connectivity index (χ1) is 8.54. The molecule has 2 atom stereocenters. The van der Waals surface area contributed by atoms with Crippen LogP contribution in [0.2, 0.25) is 0 Å². The molecule has 3 N–H and O–H groups in total. The molecule has 98 valence electrons. The topological polar surface area (TPSA) is 72.2 Å². The van der Waals surface area contributed by atoms with Crippen molar-refractivity contribution in [3.63, 3.8) is 0 Å². The molecule has 0 radical (unpaired) electrons. The molecular formula is C12H16N2O2S2. The third-order valence-corrected chi connectivity index (χ3v) is 3.94. The molecule has 0 saturated carbocycles. The van der Waals surface area contributed by atoms with E-state index in [0.29, 0.717) is 16.2 Å². The van der Waals surface area contributed by atoms with Crippen molar-refractivity contribution in [2.75, 3.05) is 18.6 Å². The number of amides is 1. The van der Waals surface area contributed by atoms with Gasteiger partial charge in [0.15, 0.2) is 0 Å². The lowest BCUT2D eigenvalue weighted by atomic mass is 10.2. The quantitative estimate of drug-likeness (QED) is 0.793. The van der Waals surface area contributed by atoms with Crippen molar-refractivity contribution in [1.29, 1.82) is 0 Å². The Kier molecular flexibility index (Phi) is 6.05. The Morgan fingerprint density at radius 2 is 2.39 bits per heavy atom. The molecule has 0 fully saturated rings. The molecule has 0 spiro atoms. The first-order valence-corrected chi connectivity index (χ1v) is 8.02. The molecule has 4 nitrogen and oxygen atoms in total. The van der Waals surface area contributed by atoms with Gasteiger partial charge in [-0.2, -0.15) is 0 Å². The lowest BCUT2D eigenvalue weighted by Crippen LogP contribution is -2.36. The Hall–Kier alpha value is -1.16. The van der Waals surface area contributed by atoms with Crippen LogP contribution in [0, 0.1) is 11.8 Å². The van der Waals surface area contributed by atoms with Crippen molar-refractivity contribution in [3.05, 3.63) is 21.9 Å². The van der Waals surface area contributed by atoms with Crippen LogP contribution in [0.25, 0.3) is 0 Å². The van der Waals surface area contributed by atoms with E-state index >= 15 is 0 Å². The summed E-state index contributed by atoms with van der Waals surface area (Å²) in [5, 5.41) is 4.63. The van der Waals surface area contributed by atoms with Gasteiger partial charge in [-0.1, -0.05) is 11.8 Å². The van der Waals surface area contributed by atoms with Gasteiger partial charge in [-0.25, -0.2) is 0 Å². The third kappa shape index (κ3) is 4.61. The highest BCUT2D eigenvalue weighted by Crippen LogP contribution is 2.15. The van der Waals surface area contributed by atoms with Crippen LogP contribution >= 0.6 is 11.3 Å². The maximum Gasteiger partial charge on any atom is 0.262 e. The molecule has 6 heteroatoms. The van der Waals surface area contributed by atoms with Gasteiger partial charge in [0.25, 0.3) is 5.91 Å². The molecule has 0 aliphatic carbocycles. The van der Waals surface area contributed by atoms with Gasteiger partial charge in [0, 0.05) is 34.4 Å². The molecule has 2 unspecified atom stereocenters. The number of hydrogen-bond acceptors (Lipinski definition) is 4. The highest BCUT2D eigenvalue weighted by atomic mass is 32.2. The van der Waals surface area contributed by atoms with Gasteiger partial charge in [-0.3, -0.25) is 9.00 Å². The number of carbonyl (C=O) groups is 1. The molecule has 1 aromatic rings. The number of hydrogen-bond donors (Lipinski definition) is 2. The van der Waals surface area contributed by atoms with Gasteiger partial charge in [-0.15, -0.1) is 11.3 Å². The normalized spacial score (nSPS) is 13.3. The Morgan fingerprint density at radius 1 is 1.67 bits per heavy atom. The summed E-state index contributed by atoms with van der Waals surface area (Å²) in [4.78, 5) is 12.6. The number of thiophene rings is 1. The fraction of sp³-hybridized carbons (Fsp3) is 0.417. The Morgan fingerprint density at radius 3 is 3.00 bits per heavy atom. The first kappa shape index (κ1) is 14.9. The molecule has 0 saturated heterocycles. The first-order valence-electron chi connectivity index (χ1n) is 5.42. The van der Waals surface area contributed by atoms with Crippen LogP contribution in [0.15, 0.2) is 11.4 Å². The van der Waals surface area contributed by atoms with E-state index in [1.165, 1.54) is 11.3 Å². The van der Waals surface area contributed by atoms with Crippen molar-refractivity contribution in [2.24, 2.45) is 5.73 Å². The second-order valence-corrected chi connectivity index (χ2v) is 6.18. The maximum atomic E-state index is 12.0. The SMILES string of the molecule is CC(CS(C)=O)NC(=O)c1sccc1C#CCN. The average Bonchev–Trinajstić information content (AvgIpc) is 2.72. The highest BCUT2D eigenvalue weighted by Gasteiger charge is 2.15. The Balaban J connectivity index is 2.72. The van der Waals surface area contributed by atoms with Gasteiger partial charge in [0.1, 0.15) is 4.88 Å². The average molecular weight is 284 g/mol. The molecular weight excluding hydrogens is 268 g/mol. The molecule has 0 aliphatic rings. The zero-order valence-electron chi connectivity index (χ0n) is 10.4. The third-order valence-electron chi connectivity index (χ3n) is 2.06. The van der Waals surface area contributed by atoms with E-state index < -0.39 is 10.8 Å². The van der Waals surface area contributed by atoms with E-state index in [-0.39, 0.29) is 18.5 Å². The Labute approximate surface area is 113 Å². The summed E-state index contributed by atoms with van der Waals surface area (Å²) >= 11 is 1.34. The standard InChI is InChI=1S/C12H16N2O2S2/c1-9(8-18(2)16)14-12(15)11-10(4-3-6-13)5-7-17-11/h5,7,9H,6,8,13H2,1-2H3,(H,14,15). The van der Waals surface area contributed by atoms with Crippen molar-refractivity contribution in [2.45, 2.75) is 13.0 Å². The number of nitrogens with two attached hydrogens (primary N) is 1. The molecule has 0 aliphatic heterocycles. The summed E-state index contributed by atoms with van der Waals surface area (Å²) in [5.41, 5.74) is 5.99. The number of carbonyl (C=O) groups excluding carboxylic acids is 1. The Bertz CT molecular complexity index is 500. The van der Waals surface area contributed by atoms with Gasteiger partial charge in [0.05, 0.1) is 6.54 Å². The van der Waals surface area contributed by atoms with E-state index in [4.69, 9.17) is 5.73 Å². The van der Waals surface area contributed by atoms with Crippen LogP contribution in [0.4, 0.5) is 0 Å². The second-order valence-electron chi connectivity index (χ2n) is 3.78. The van der Waals surface area contributed by atoms with Crippen molar-refractivity contribution >= 4 is 28.0 Å². The number of rotatable bonds is 4. The fourth-order valence-electron chi connectivity index (χ4n) is 1.41. The summed E-state index contributed by atoms with van der Waals surface area (Å²) in [6, 6.07) is 1.67. The van der Waals surface area contributed by atoms with Crippen molar-refractivity contribution < 1.29 is 9.00 Å². The predicted octanol–water partition coefficient (Wildman–Crippen LogP) is 0.555. The molecule has 0 aromatic carbocycles. The van der Waals surface area contributed by atoms with E-state index in [0.717, 1.165) is 0 Å². The van der Waals surface area contributed by atoms with E-state index in [1.807, 2.05) is 12.3 Å². The van der Waals surface area contributed by atoms with Gasteiger partial charge >= 0.3 is 0 Å². The fourth-order valence-corrected chi connectivity index (χ4v) is 2.95. The summed E-state index contributed by atoms with van der Waals surface area (Å²) < 4.78 is 11.1. The molecule has 18 heavy (non-hydrogen) atoms. The van der Waals surface area contributed by atoms with Crippen LogP contribution in [-0.4, -0.2) is 34.7 Å². The van der Waals surface area contributed by atoms with Gasteiger partial charge < -0.3 is 11.1 Å². The molecule has 1 rings (SSSR count). The van der Waals surface area contributed by atoms with E-state index in [2.05, 4.69) is 17.2 Å². The molecule has 1 amide bonds. The molecule has 1 aromatic heterocycles. The summed E-state index contributed by atoms with van der Waals surface area (Å²) in [5.74, 6) is 5.86. The number of nitrogens with one attached hydrogen (secondary N) is 1. The van der Waals surface area contributed by atoms with Gasteiger partial charge in [0.2, 0.25) is 0 Å². The highest BCUT2D eigenvalue weighted by molar-refractivity contribution is 7.84. The van der Waals surface area contributed by atoms with Crippen LogP contribution in [-0.2, 0) is 10.8 Å². The van der Waals surface area contributed by atoms with E-state index in [1.54, 1.807) is 12.3 Å². The van der Waals surface area contributed by atoms with Crippen LogP contribution < -0.4 is 11.1 Å². The van der Waals surface area contributed by atoms with E-state index in [9.17, 15) is 9.00 Å². The van der Waals surface area contributed by atoms with Gasteiger partial charge in [-0.05, 0) is 18.4 Å². The minimum atomic E-state index is -0.925. The predicted molar refractivity (Wildman–Crippen MR) is 76.1 cm³/mol. The van der Waals surface area contributed by atoms with Crippen LogP contribution in [0.5, 0.6) is 0 Å². The second kappa shape index (κ2) is 7.31. The maximum absolute atomic E-state index is 12.0. The monoisotopic (exact) mass is 284 g/mol. The summed E-state index contributed by atoms with van der Waals surface area (Å²) in [7, 11) is -0.925. The lowest BCUT2D eigenvalue weighted by molar-refractivity contribution is 0.0947. The lowest BCUT2D eigenvalue weighted by Gasteiger charge is -2.11. The molecule has 1 heterocycles. The van der Waals surface area contributed by atoms with Crippen molar-refractivity contribution in [1.82, 2.24) is 5.32 Å². The zero-order valence-corrected chi connectivity index (χ0v) is 12.0. The molecule has 0 bridgehead atoms. The summed E-state index contributed by atoms with van der Waals surface area (Å²) in [6.45, 7) is 2.10. The largest absolute Gasteiger partial charge is 0.348 e.